The number of aromatic nitrogens is 2. The van der Waals surface area contributed by atoms with Crippen LogP contribution in [0.3, 0.4) is 0 Å². The summed E-state index contributed by atoms with van der Waals surface area (Å²) < 4.78 is 2.03. The predicted molar refractivity (Wildman–Crippen MR) is 99.4 cm³/mol. The largest absolute Gasteiger partial charge is 0.355 e. The van der Waals surface area contributed by atoms with E-state index in [1.54, 1.807) is 13.2 Å². The molecule has 0 atom stereocenters. The van der Waals surface area contributed by atoms with Crippen LogP contribution in [0.25, 0.3) is 5.69 Å². The fourth-order valence-electron chi connectivity index (χ4n) is 1.96. The van der Waals surface area contributed by atoms with E-state index in [4.69, 9.17) is 0 Å². The second-order valence-electron chi connectivity index (χ2n) is 5.86. The first-order valence-electron chi connectivity index (χ1n) is 7.63. The Labute approximate surface area is 142 Å². The number of hydrogen-bond acceptors (Lipinski definition) is 3. The van der Waals surface area contributed by atoms with E-state index >= 15 is 0 Å². The quantitative estimate of drug-likeness (QED) is 0.631. The molecule has 1 heterocycles. The first kappa shape index (κ1) is 17.4. The van der Waals surface area contributed by atoms with Gasteiger partial charge in [0.25, 0.3) is 0 Å². The van der Waals surface area contributed by atoms with Crippen molar-refractivity contribution in [1.82, 2.24) is 20.4 Å². The van der Waals surface area contributed by atoms with Crippen LogP contribution in [0.4, 0.5) is 0 Å². The van der Waals surface area contributed by atoms with Gasteiger partial charge in [-0.3, -0.25) is 4.99 Å². The number of aliphatic imine (C=N–C) groups is 1. The van der Waals surface area contributed by atoms with Crippen LogP contribution in [0.2, 0.25) is 0 Å². The van der Waals surface area contributed by atoms with E-state index in [0.29, 0.717) is 0 Å². The summed E-state index contributed by atoms with van der Waals surface area (Å²) >= 11 is 1.84. The maximum atomic E-state index is 4.27. The van der Waals surface area contributed by atoms with Crippen LogP contribution in [0, 0.1) is 0 Å². The van der Waals surface area contributed by atoms with Gasteiger partial charge in [-0.1, -0.05) is 12.1 Å². The first-order valence-corrected chi connectivity index (χ1v) is 8.85. The third kappa shape index (κ3) is 5.32. The number of benzene rings is 1. The molecule has 0 saturated heterocycles. The van der Waals surface area contributed by atoms with Gasteiger partial charge in [0.05, 0.1) is 5.69 Å². The molecular formula is C17H25N5S. The molecule has 2 N–H and O–H groups in total. The molecule has 2 aromatic rings. The van der Waals surface area contributed by atoms with E-state index in [-0.39, 0.29) is 4.75 Å². The molecule has 0 fully saturated rings. The summed E-state index contributed by atoms with van der Waals surface area (Å²) in [6, 6.07) is 10.3. The number of rotatable bonds is 6. The highest BCUT2D eigenvalue weighted by molar-refractivity contribution is 7.99. The molecule has 6 heteroatoms. The molecule has 1 aromatic carbocycles. The van der Waals surface area contributed by atoms with E-state index < -0.39 is 0 Å². The lowest BCUT2D eigenvalue weighted by atomic mass is 10.2. The van der Waals surface area contributed by atoms with Crippen LogP contribution in [0.5, 0.6) is 0 Å². The van der Waals surface area contributed by atoms with E-state index in [2.05, 4.69) is 65.1 Å². The normalized spacial score (nSPS) is 12.3. The highest BCUT2D eigenvalue weighted by Gasteiger charge is 2.15. The zero-order valence-corrected chi connectivity index (χ0v) is 15.0. The van der Waals surface area contributed by atoms with Gasteiger partial charge in [0.2, 0.25) is 0 Å². The standard InChI is InChI=1S/C17H25N5S/c1-17(2,23-4)13-20-16(18-3)19-12-14-6-8-15(9-7-14)22-11-5-10-21-22/h5-11H,12-13H2,1-4H3,(H2,18,19,20). The van der Waals surface area contributed by atoms with Gasteiger partial charge in [-0.25, -0.2) is 4.68 Å². The van der Waals surface area contributed by atoms with Crippen molar-refractivity contribution < 1.29 is 0 Å². The molecule has 0 bridgehead atoms. The molecule has 0 saturated carbocycles. The molecule has 124 valence electrons. The molecule has 5 nitrogen and oxygen atoms in total. The van der Waals surface area contributed by atoms with Crippen LogP contribution in [0.1, 0.15) is 19.4 Å². The third-order valence-corrected chi connectivity index (χ3v) is 4.87. The molecule has 0 aliphatic carbocycles. The maximum Gasteiger partial charge on any atom is 0.191 e. The summed E-state index contributed by atoms with van der Waals surface area (Å²) in [4.78, 5) is 4.27. The summed E-state index contributed by atoms with van der Waals surface area (Å²) in [7, 11) is 1.79. The number of thioether (sulfide) groups is 1. The smallest absolute Gasteiger partial charge is 0.191 e. The molecule has 0 spiro atoms. The zero-order chi connectivity index (χ0) is 16.7. The molecular weight excluding hydrogens is 306 g/mol. The van der Waals surface area contributed by atoms with Crippen molar-refractivity contribution in [1.29, 1.82) is 0 Å². The zero-order valence-electron chi connectivity index (χ0n) is 14.2. The second kappa shape index (κ2) is 8.06. The Bertz CT molecular complexity index is 617. The second-order valence-corrected chi connectivity index (χ2v) is 7.37. The van der Waals surface area contributed by atoms with Crippen molar-refractivity contribution >= 4 is 17.7 Å². The lowest BCUT2D eigenvalue weighted by Gasteiger charge is -2.23. The van der Waals surface area contributed by atoms with Gasteiger partial charge in [-0.05, 0) is 43.9 Å². The minimum Gasteiger partial charge on any atom is -0.355 e. The fourth-order valence-corrected chi connectivity index (χ4v) is 2.18. The van der Waals surface area contributed by atoms with E-state index in [9.17, 15) is 0 Å². The minimum atomic E-state index is 0.184. The van der Waals surface area contributed by atoms with E-state index in [0.717, 1.165) is 24.7 Å². The Morgan fingerprint density at radius 1 is 1.26 bits per heavy atom. The van der Waals surface area contributed by atoms with Gasteiger partial charge in [-0.2, -0.15) is 16.9 Å². The summed E-state index contributed by atoms with van der Waals surface area (Å²) in [6.07, 6.45) is 5.84. The van der Waals surface area contributed by atoms with Crippen LogP contribution in [-0.2, 0) is 6.54 Å². The van der Waals surface area contributed by atoms with Crippen molar-refractivity contribution in [2.45, 2.75) is 25.1 Å². The number of nitrogens with one attached hydrogen (secondary N) is 2. The highest BCUT2D eigenvalue weighted by Crippen LogP contribution is 2.19. The van der Waals surface area contributed by atoms with Crippen LogP contribution >= 0.6 is 11.8 Å². The first-order chi connectivity index (χ1) is 11.0. The SMILES string of the molecule is CN=C(NCc1ccc(-n2cccn2)cc1)NCC(C)(C)SC. The lowest BCUT2D eigenvalue weighted by Crippen LogP contribution is -2.42. The topological polar surface area (TPSA) is 54.2 Å². The third-order valence-electron chi connectivity index (χ3n) is 3.62. The molecule has 1 aromatic heterocycles. The Morgan fingerprint density at radius 3 is 2.57 bits per heavy atom. The van der Waals surface area contributed by atoms with Crippen molar-refractivity contribution in [3.8, 4) is 5.69 Å². The van der Waals surface area contributed by atoms with E-state index in [1.165, 1.54) is 5.56 Å². The Kier molecular flexibility index (Phi) is 6.10. The van der Waals surface area contributed by atoms with Gasteiger partial charge in [0.1, 0.15) is 0 Å². The van der Waals surface area contributed by atoms with Gasteiger partial charge < -0.3 is 10.6 Å². The van der Waals surface area contributed by atoms with Crippen molar-refractivity contribution in [2.75, 3.05) is 19.8 Å². The number of nitrogens with zero attached hydrogens (tertiary/aromatic N) is 3. The summed E-state index contributed by atoms with van der Waals surface area (Å²) in [6.45, 7) is 6.03. The average molecular weight is 331 g/mol. The molecule has 0 aliphatic heterocycles. The van der Waals surface area contributed by atoms with Gasteiger partial charge in [0, 0.05) is 37.3 Å². The Balaban J connectivity index is 1.87. The van der Waals surface area contributed by atoms with Gasteiger partial charge in [0.15, 0.2) is 5.96 Å². The molecule has 23 heavy (non-hydrogen) atoms. The monoisotopic (exact) mass is 331 g/mol. The van der Waals surface area contributed by atoms with E-state index in [1.807, 2.05) is 28.7 Å². The van der Waals surface area contributed by atoms with Crippen LogP contribution in [0.15, 0.2) is 47.7 Å². The summed E-state index contributed by atoms with van der Waals surface area (Å²) in [5, 5.41) is 10.9. The summed E-state index contributed by atoms with van der Waals surface area (Å²) in [5.74, 6) is 0.822. The Hall–Kier alpha value is -1.95. The number of hydrogen-bond donors (Lipinski definition) is 2. The van der Waals surface area contributed by atoms with Gasteiger partial charge >= 0.3 is 0 Å². The lowest BCUT2D eigenvalue weighted by molar-refractivity contribution is 0.664. The number of guanidine groups is 1. The molecule has 0 amide bonds. The molecule has 2 rings (SSSR count). The van der Waals surface area contributed by atoms with Crippen LogP contribution in [-0.4, -0.2) is 40.3 Å². The van der Waals surface area contributed by atoms with Crippen molar-refractivity contribution in [3.63, 3.8) is 0 Å². The van der Waals surface area contributed by atoms with Gasteiger partial charge in [-0.15, -0.1) is 0 Å². The predicted octanol–water partition coefficient (Wildman–Crippen LogP) is 2.68. The Morgan fingerprint density at radius 2 is 2.00 bits per heavy atom. The molecule has 0 radical (unpaired) electrons. The molecule has 0 unspecified atom stereocenters. The minimum absolute atomic E-state index is 0.184. The molecule has 0 aliphatic rings. The highest BCUT2D eigenvalue weighted by atomic mass is 32.2. The summed E-state index contributed by atoms with van der Waals surface area (Å²) in [5.41, 5.74) is 2.26. The fraction of sp³-hybridized carbons (Fsp3) is 0.412. The van der Waals surface area contributed by atoms with Crippen molar-refractivity contribution in [2.24, 2.45) is 4.99 Å². The van der Waals surface area contributed by atoms with Crippen molar-refractivity contribution in [3.05, 3.63) is 48.3 Å². The maximum absolute atomic E-state index is 4.27. The average Bonchev–Trinajstić information content (AvgIpc) is 3.10. The van der Waals surface area contributed by atoms with Crippen LogP contribution < -0.4 is 10.6 Å².